The van der Waals surface area contributed by atoms with Gasteiger partial charge in [0.25, 0.3) is 5.91 Å². The number of nitrogens with one attached hydrogen (secondary N) is 2. The molecule has 1 aliphatic rings. The minimum absolute atomic E-state index is 0.00397. The molecule has 3 aromatic rings. The van der Waals surface area contributed by atoms with E-state index >= 15 is 0 Å². The van der Waals surface area contributed by atoms with Gasteiger partial charge in [-0.25, -0.2) is 9.97 Å². The van der Waals surface area contributed by atoms with Crippen LogP contribution in [0.5, 0.6) is 5.75 Å². The Labute approximate surface area is 175 Å². The highest BCUT2D eigenvalue weighted by molar-refractivity contribution is 6.00. The van der Waals surface area contributed by atoms with Crippen LogP contribution in [0, 0.1) is 0 Å². The van der Waals surface area contributed by atoms with Gasteiger partial charge >= 0.3 is 0 Å². The number of rotatable bonds is 5. The lowest BCUT2D eigenvalue weighted by Gasteiger charge is -2.29. The fourth-order valence-electron chi connectivity index (χ4n) is 3.76. The molecule has 1 fully saturated rings. The molecule has 1 saturated carbocycles. The number of carbonyl (C=O) groups excluding carboxylic acids is 1. The Bertz CT molecular complexity index is 1040. The van der Waals surface area contributed by atoms with Gasteiger partial charge in [-0.3, -0.25) is 4.79 Å². The number of phenols is 1. The fraction of sp³-hybridized carbons (Fsp3) is 0.261. The SMILES string of the molecule is N[C@@H]1CCCC[C@H]1NC(=O)c1ccccc1Nc1cc(-c2cccc(O)c2)ncn1. The number of hydrogen-bond acceptors (Lipinski definition) is 6. The number of amides is 1. The third-order valence-electron chi connectivity index (χ3n) is 5.38. The van der Waals surface area contributed by atoms with E-state index in [2.05, 4.69) is 20.6 Å². The average Bonchev–Trinajstić information content (AvgIpc) is 2.76. The standard InChI is InChI=1S/C23H25N5O2/c24-18-9-2-4-11-20(18)28-23(30)17-8-1-3-10-19(17)27-22-13-21(25-14-26-22)15-6-5-7-16(29)12-15/h1,3,5-8,10,12-14,18,20,29H,2,4,9,11,24H2,(H,28,30)(H,25,26,27)/t18-,20-/m1/s1. The molecule has 4 rings (SSSR count). The van der Waals surface area contributed by atoms with E-state index in [1.54, 1.807) is 30.3 Å². The maximum Gasteiger partial charge on any atom is 0.253 e. The lowest BCUT2D eigenvalue weighted by Crippen LogP contribution is -2.49. The van der Waals surface area contributed by atoms with Crippen molar-refractivity contribution in [2.75, 3.05) is 5.32 Å². The molecule has 7 nitrogen and oxygen atoms in total. The summed E-state index contributed by atoms with van der Waals surface area (Å²) >= 11 is 0. The molecular formula is C23H25N5O2. The molecular weight excluding hydrogens is 378 g/mol. The van der Waals surface area contributed by atoms with Crippen molar-refractivity contribution in [3.8, 4) is 17.0 Å². The van der Waals surface area contributed by atoms with Crippen LogP contribution in [-0.4, -0.2) is 33.1 Å². The second kappa shape index (κ2) is 8.92. The highest BCUT2D eigenvalue weighted by Crippen LogP contribution is 2.25. The minimum Gasteiger partial charge on any atom is -0.508 e. The summed E-state index contributed by atoms with van der Waals surface area (Å²) < 4.78 is 0. The molecule has 2 atom stereocenters. The van der Waals surface area contributed by atoms with Crippen molar-refractivity contribution in [3.63, 3.8) is 0 Å². The molecule has 1 amide bonds. The first-order valence-corrected chi connectivity index (χ1v) is 10.1. The molecule has 0 aliphatic heterocycles. The predicted octanol–water partition coefficient (Wildman–Crippen LogP) is 3.59. The van der Waals surface area contributed by atoms with Crippen LogP contribution in [0.2, 0.25) is 0 Å². The number of para-hydroxylation sites is 1. The first-order chi connectivity index (χ1) is 14.6. The van der Waals surface area contributed by atoms with Crippen molar-refractivity contribution >= 4 is 17.4 Å². The summed E-state index contributed by atoms with van der Waals surface area (Å²) in [6.07, 6.45) is 5.48. The number of carbonyl (C=O) groups is 1. The van der Waals surface area contributed by atoms with Crippen molar-refractivity contribution in [1.82, 2.24) is 15.3 Å². The second-order valence-electron chi connectivity index (χ2n) is 7.54. The molecule has 30 heavy (non-hydrogen) atoms. The number of aromatic nitrogens is 2. The maximum atomic E-state index is 12.9. The summed E-state index contributed by atoms with van der Waals surface area (Å²) in [6.45, 7) is 0. The summed E-state index contributed by atoms with van der Waals surface area (Å²) in [6, 6.07) is 16.0. The van der Waals surface area contributed by atoms with E-state index in [9.17, 15) is 9.90 Å². The first kappa shape index (κ1) is 19.8. The van der Waals surface area contributed by atoms with Gasteiger partial charge in [0.15, 0.2) is 0 Å². The predicted molar refractivity (Wildman–Crippen MR) is 117 cm³/mol. The quantitative estimate of drug-likeness (QED) is 0.518. The molecule has 2 aromatic carbocycles. The third-order valence-corrected chi connectivity index (χ3v) is 5.38. The number of benzene rings is 2. The highest BCUT2D eigenvalue weighted by Gasteiger charge is 2.24. The van der Waals surface area contributed by atoms with Crippen LogP contribution in [-0.2, 0) is 0 Å². The average molecular weight is 403 g/mol. The van der Waals surface area contributed by atoms with Gasteiger partial charge in [0.2, 0.25) is 0 Å². The zero-order chi connectivity index (χ0) is 20.9. The highest BCUT2D eigenvalue weighted by atomic mass is 16.3. The van der Waals surface area contributed by atoms with E-state index in [1.165, 1.54) is 6.33 Å². The van der Waals surface area contributed by atoms with Crippen LogP contribution in [0.25, 0.3) is 11.3 Å². The summed E-state index contributed by atoms with van der Waals surface area (Å²) in [5.74, 6) is 0.573. The fourth-order valence-corrected chi connectivity index (χ4v) is 3.76. The summed E-state index contributed by atoms with van der Waals surface area (Å²) in [5.41, 5.74) is 8.81. The Hall–Kier alpha value is -3.45. The zero-order valence-electron chi connectivity index (χ0n) is 16.6. The summed E-state index contributed by atoms with van der Waals surface area (Å²) in [7, 11) is 0. The Balaban J connectivity index is 1.54. The topological polar surface area (TPSA) is 113 Å². The summed E-state index contributed by atoms with van der Waals surface area (Å²) in [4.78, 5) is 21.5. The smallest absolute Gasteiger partial charge is 0.253 e. The first-order valence-electron chi connectivity index (χ1n) is 10.1. The number of aromatic hydroxyl groups is 1. The van der Waals surface area contributed by atoms with Gasteiger partial charge in [-0.05, 0) is 37.1 Å². The Kier molecular flexibility index (Phi) is 5.90. The minimum atomic E-state index is -0.150. The van der Waals surface area contributed by atoms with Gasteiger partial charge in [-0.1, -0.05) is 37.1 Å². The molecule has 0 radical (unpaired) electrons. The molecule has 0 saturated heterocycles. The molecule has 1 aromatic heterocycles. The van der Waals surface area contributed by atoms with E-state index in [1.807, 2.05) is 24.3 Å². The molecule has 154 valence electrons. The third kappa shape index (κ3) is 4.58. The molecule has 1 heterocycles. The lowest BCUT2D eigenvalue weighted by molar-refractivity contribution is 0.0922. The van der Waals surface area contributed by atoms with Crippen LogP contribution in [0.3, 0.4) is 0 Å². The Morgan fingerprint density at radius 3 is 2.70 bits per heavy atom. The number of nitrogens with zero attached hydrogens (tertiary/aromatic N) is 2. The molecule has 0 spiro atoms. The van der Waals surface area contributed by atoms with Gasteiger partial charge in [0, 0.05) is 23.7 Å². The normalized spacial score (nSPS) is 18.6. The Morgan fingerprint density at radius 1 is 1.03 bits per heavy atom. The van der Waals surface area contributed by atoms with Crippen LogP contribution < -0.4 is 16.4 Å². The van der Waals surface area contributed by atoms with Crippen molar-refractivity contribution < 1.29 is 9.90 Å². The van der Waals surface area contributed by atoms with Gasteiger partial charge in [-0.15, -0.1) is 0 Å². The zero-order valence-corrected chi connectivity index (χ0v) is 16.6. The van der Waals surface area contributed by atoms with Gasteiger partial charge in [0.1, 0.15) is 17.9 Å². The van der Waals surface area contributed by atoms with Crippen LogP contribution in [0.15, 0.2) is 60.9 Å². The van der Waals surface area contributed by atoms with Gasteiger partial charge in [0.05, 0.1) is 16.9 Å². The van der Waals surface area contributed by atoms with Crippen molar-refractivity contribution in [2.24, 2.45) is 5.73 Å². The monoisotopic (exact) mass is 403 g/mol. The number of anilines is 2. The van der Waals surface area contributed by atoms with Crippen LogP contribution in [0.1, 0.15) is 36.0 Å². The number of hydrogen-bond donors (Lipinski definition) is 4. The van der Waals surface area contributed by atoms with E-state index in [4.69, 9.17) is 5.73 Å². The van der Waals surface area contributed by atoms with Gasteiger partial charge < -0.3 is 21.5 Å². The molecule has 5 N–H and O–H groups in total. The summed E-state index contributed by atoms with van der Waals surface area (Å²) in [5, 5.41) is 16.0. The van der Waals surface area contributed by atoms with Crippen molar-refractivity contribution in [2.45, 2.75) is 37.8 Å². The number of nitrogens with two attached hydrogens (primary N) is 1. The van der Waals surface area contributed by atoms with Gasteiger partial charge in [-0.2, -0.15) is 0 Å². The molecule has 7 heteroatoms. The molecule has 0 unspecified atom stereocenters. The number of phenolic OH excluding ortho intramolecular Hbond substituents is 1. The van der Waals surface area contributed by atoms with E-state index in [0.29, 0.717) is 22.8 Å². The van der Waals surface area contributed by atoms with Crippen LogP contribution >= 0.6 is 0 Å². The lowest BCUT2D eigenvalue weighted by atomic mass is 9.91. The van der Waals surface area contributed by atoms with E-state index < -0.39 is 0 Å². The Morgan fingerprint density at radius 2 is 1.87 bits per heavy atom. The van der Waals surface area contributed by atoms with Crippen LogP contribution in [0.4, 0.5) is 11.5 Å². The van der Waals surface area contributed by atoms with E-state index in [0.717, 1.165) is 31.2 Å². The second-order valence-corrected chi connectivity index (χ2v) is 7.54. The molecule has 1 aliphatic carbocycles. The van der Waals surface area contributed by atoms with Crippen molar-refractivity contribution in [1.29, 1.82) is 0 Å². The van der Waals surface area contributed by atoms with Crippen molar-refractivity contribution in [3.05, 3.63) is 66.5 Å². The van der Waals surface area contributed by atoms with E-state index in [-0.39, 0.29) is 23.7 Å². The largest absolute Gasteiger partial charge is 0.508 e. The maximum absolute atomic E-state index is 12.9. The molecule has 0 bridgehead atoms.